The molecular formula is C9H11NO2. The standard InChI is InChI=1S/C9H11NO2/c10-8(9(11)12)6-7-4-2-1-3-5-7/h1-5,8H,6,10H2,(H,11,12)/i8D. The molecule has 0 fully saturated rings. The number of hydrogen-bond donors (Lipinski definition) is 2. The first-order valence-corrected chi connectivity index (χ1v) is 3.58. The van der Waals surface area contributed by atoms with Crippen LogP contribution >= 0.6 is 0 Å². The third-order valence-electron chi connectivity index (χ3n) is 1.51. The van der Waals surface area contributed by atoms with Gasteiger partial charge in [-0.1, -0.05) is 30.3 Å². The van der Waals surface area contributed by atoms with Crippen molar-refractivity contribution in [2.45, 2.75) is 12.4 Å². The molecule has 1 atom stereocenters. The zero-order chi connectivity index (χ0) is 9.90. The van der Waals surface area contributed by atoms with Crippen LogP contribution in [-0.4, -0.2) is 17.1 Å². The van der Waals surface area contributed by atoms with Gasteiger partial charge < -0.3 is 10.8 Å². The van der Waals surface area contributed by atoms with Crippen molar-refractivity contribution >= 4 is 5.97 Å². The molecule has 1 aromatic carbocycles. The van der Waals surface area contributed by atoms with Gasteiger partial charge in [-0.25, -0.2) is 0 Å². The first-order valence-electron chi connectivity index (χ1n) is 4.08. The van der Waals surface area contributed by atoms with Crippen molar-refractivity contribution in [1.82, 2.24) is 0 Å². The molecule has 0 aliphatic rings. The molecule has 0 aromatic heterocycles. The molecule has 0 aliphatic heterocycles. The van der Waals surface area contributed by atoms with E-state index >= 15 is 0 Å². The van der Waals surface area contributed by atoms with Crippen LogP contribution in [0.4, 0.5) is 0 Å². The summed E-state index contributed by atoms with van der Waals surface area (Å²) in [4.78, 5) is 10.5. The fourth-order valence-corrected chi connectivity index (χ4v) is 0.891. The fourth-order valence-electron chi connectivity index (χ4n) is 0.891. The molecule has 1 unspecified atom stereocenters. The Bertz CT molecular complexity index is 298. The molecular weight excluding hydrogens is 154 g/mol. The van der Waals surface area contributed by atoms with Gasteiger partial charge in [0.1, 0.15) is 6.02 Å². The molecule has 0 saturated heterocycles. The number of hydrogen-bond acceptors (Lipinski definition) is 2. The van der Waals surface area contributed by atoms with E-state index in [4.69, 9.17) is 12.2 Å². The van der Waals surface area contributed by atoms with Gasteiger partial charge in [0.2, 0.25) is 0 Å². The Morgan fingerprint density at radius 1 is 1.58 bits per heavy atom. The minimum absolute atomic E-state index is 0.0170. The summed E-state index contributed by atoms with van der Waals surface area (Å²) in [5.74, 6) is -1.31. The second kappa shape index (κ2) is 3.88. The lowest BCUT2D eigenvalue weighted by Crippen LogP contribution is -2.32. The Morgan fingerprint density at radius 3 is 2.67 bits per heavy atom. The summed E-state index contributed by atoms with van der Waals surface area (Å²) in [6, 6.07) is 6.96. The van der Waals surface area contributed by atoms with Gasteiger partial charge in [-0.2, -0.15) is 0 Å². The van der Waals surface area contributed by atoms with Crippen molar-refractivity contribution in [2.24, 2.45) is 5.73 Å². The van der Waals surface area contributed by atoms with Crippen LogP contribution in [0.3, 0.4) is 0 Å². The number of rotatable bonds is 3. The molecule has 3 nitrogen and oxygen atoms in total. The lowest BCUT2D eigenvalue weighted by Gasteiger charge is -2.04. The lowest BCUT2D eigenvalue weighted by molar-refractivity contribution is -0.138. The Balaban J connectivity index is 2.75. The van der Waals surface area contributed by atoms with Gasteiger partial charge in [-0.3, -0.25) is 4.79 Å². The highest BCUT2D eigenvalue weighted by atomic mass is 16.4. The van der Waals surface area contributed by atoms with Crippen LogP contribution < -0.4 is 5.73 Å². The number of carbonyl (C=O) groups is 1. The van der Waals surface area contributed by atoms with Crippen LogP contribution in [0.5, 0.6) is 0 Å². The van der Waals surface area contributed by atoms with Gasteiger partial charge in [-0.15, -0.1) is 0 Å². The van der Waals surface area contributed by atoms with Crippen LogP contribution in [0.25, 0.3) is 0 Å². The van der Waals surface area contributed by atoms with Crippen LogP contribution in [0.15, 0.2) is 30.3 Å². The summed E-state index contributed by atoms with van der Waals surface area (Å²) in [6.45, 7) is 0. The Hall–Kier alpha value is -1.35. The van der Waals surface area contributed by atoms with Crippen molar-refractivity contribution in [2.75, 3.05) is 0 Å². The van der Waals surface area contributed by atoms with E-state index in [2.05, 4.69) is 0 Å². The monoisotopic (exact) mass is 166 g/mol. The predicted octanol–water partition coefficient (Wildman–Crippen LogP) is 0.641. The lowest BCUT2D eigenvalue weighted by atomic mass is 10.1. The number of aliphatic carboxylic acids is 1. The summed E-state index contributed by atoms with van der Waals surface area (Å²) >= 11 is 0. The van der Waals surface area contributed by atoms with Gasteiger partial charge in [0.25, 0.3) is 0 Å². The van der Waals surface area contributed by atoms with Crippen molar-refractivity contribution in [1.29, 1.82) is 0 Å². The molecule has 1 aromatic rings. The smallest absolute Gasteiger partial charge is 0.320 e. The fraction of sp³-hybridized carbons (Fsp3) is 0.222. The Kier molecular flexibility index (Phi) is 2.36. The molecule has 3 N–H and O–H groups in total. The zero-order valence-corrected chi connectivity index (χ0v) is 6.53. The largest absolute Gasteiger partial charge is 0.480 e. The van der Waals surface area contributed by atoms with Crippen LogP contribution in [0, 0.1) is 0 Å². The number of benzene rings is 1. The van der Waals surface area contributed by atoms with Gasteiger partial charge in [-0.05, 0) is 12.0 Å². The third-order valence-corrected chi connectivity index (χ3v) is 1.51. The van der Waals surface area contributed by atoms with E-state index in [9.17, 15) is 4.79 Å². The second-order valence-corrected chi connectivity index (χ2v) is 2.49. The van der Waals surface area contributed by atoms with Crippen LogP contribution in [0.1, 0.15) is 6.93 Å². The highest BCUT2D eigenvalue weighted by Crippen LogP contribution is 2.01. The number of nitrogens with two attached hydrogens (primary N) is 1. The summed E-state index contributed by atoms with van der Waals surface area (Å²) < 4.78 is 7.30. The van der Waals surface area contributed by atoms with Gasteiger partial charge in [0.15, 0.2) is 0 Å². The average molecular weight is 166 g/mol. The maximum absolute atomic E-state index is 10.5. The normalized spacial score (nSPS) is 16.2. The summed E-state index contributed by atoms with van der Waals surface area (Å²) in [6.07, 6.45) is 0.0170. The molecule has 0 bridgehead atoms. The zero-order valence-electron chi connectivity index (χ0n) is 7.53. The molecule has 0 spiro atoms. The Morgan fingerprint density at radius 2 is 2.17 bits per heavy atom. The molecule has 0 saturated carbocycles. The minimum atomic E-state index is -1.93. The average Bonchev–Trinajstić information content (AvgIpc) is 2.05. The van der Waals surface area contributed by atoms with E-state index in [0.717, 1.165) is 5.56 Å². The molecule has 0 radical (unpaired) electrons. The quantitative estimate of drug-likeness (QED) is 0.692. The molecule has 3 heteroatoms. The molecule has 0 aliphatic carbocycles. The van der Waals surface area contributed by atoms with Gasteiger partial charge in [0.05, 0.1) is 1.37 Å². The van der Waals surface area contributed by atoms with Crippen LogP contribution in [0.2, 0.25) is 0 Å². The van der Waals surface area contributed by atoms with E-state index in [-0.39, 0.29) is 6.42 Å². The van der Waals surface area contributed by atoms with E-state index < -0.39 is 12.0 Å². The Labute approximate surface area is 72.2 Å². The maximum atomic E-state index is 10.5. The molecule has 12 heavy (non-hydrogen) atoms. The van der Waals surface area contributed by atoms with Crippen molar-refractivity contribution in [3.63, 3.8) is 0 Å². The van der Waals surface area contributed by atoms with Crippen LogP contribution in [-0.2, 0) is 11.2 Å². The molecule has 0 amide bonds. The highest BCUT2D eigenvalue weighted by Gasteiger charge is 2.10. The first kappa shape index (κ1) is 7.31. The van der Waals surface area contributed by atoms with Crippen molar-refractivity contribution in [3.05, 3.63) is 35.9 Å². The van der Waals surface area contributed by atoms with E-state index in [0.29, 0.717) is 0 Å². The summed E-state index contributed by atoms with van der Waals surface area (Å²) in [7, 11) is 0. The van der Waals surface area contributed by atoms with Gasteiger partial charge in [0, 0.05) is 0 Å². The maximum Gasteiger partial charge on any atom is 0.320 e. The topological polar surface area (TPSA) is 63.3 Å². The summed E-state index contributed by atoms with van der Waals surface area (Å²) in [5, 5.41) is 8.59. The molecule has 0 heterocycles. The van der Waals surface area contributed by atoms with Crippen molar-refractivity contribution < 1.29 is 11.3 Å². The van der Waals surface area contributed by atoms with E-state index in [1.807, 2.05) is 6.07 Å². The molecule has 1 rings (SSSR count). The summed E-state index contributed by atoms with van der Waals surface area (Å²) in [5.41, 5.74) is 6.01. The highest BCUT2D eigenvalue weighted by molar-refractivity contribution is 5.73. The SMILES string of the molecule is [2H]C(N)(Cc1ccccc1)C(=O)O. The van der Waals surface area contributed by atoms with Crippen molar-refractivity contribution in [3.8, 4) is 0 Å². The second-order valence-electron chi connectivity index (χ2n) is 2.49. The number of carboxylic acids is 1. The minimum Gasteiger partial charge on any atom is -0.480 e. The third kappa shape index (κ3) is 2.36. The van der Waals surface area contributed by atoms with Gasteiger partial charge >= 0.3 is 5.97 Å². The van der Waals surface area contributed by atoms with E-state index in [1.165, 1.54) is 0 Å². The van der Waals surface area contributed by atoms with E-state index in [1.54, 1.807) is 24.3 Å². The number of carboxylic acid groups (broad SMARTS) is 1. The predicted molar refractivity (Wildman–Crippen MR) is 45.8 cm³/mol. The first-order chi connectivity index (χ1) is 6.02. The molecule has 64 valence electrons.